The van der Waals surface area contributed by atoms with Crippen LogP contribution in [0.25, 0.3) is 11.0 Å². The molecule has 0 unspecified atom stereocenters. The quantitative estimate of drug-likeness (QED) is 0.420. The molecule has 156 valence electrons. The molecular formula is C18H17Cl2N7O3. The maximum Gasteiger partial charge on any atom is 0.278 e. The van der Waals surface area contributed by atoms with E-state index in [2.05, 4.69) is 30.6 Å². The van der Waals surface area contributed by atoms with Gasteiger partial charge in [0.15, 0.2) is 5.52 Å². The van der Waals surface area contributed by atoms with Crippen LogP contribution in [0.15, 0.2) is 33.6 Å². The van der Waals surface area contributed by atoms with Crippen molar-refractivity contribution in [2.45, 2.75) is 26.1 Å². The van der Waals surface area contributed by atoms with Crippen LogP contribution in [0, 0.1) is 0 Å². The Balaban J connectivity index is 1.46. The molecule has 3 aromatic heterocycles. The summed E-state index contributed by atoms with van der Waals surface area (Å²) in [5.41, 5.74) is 1.43. The van der Waals surface area contributed by atoms with Crippen LogP contribution in [0.3, 0.4) is 0 Å². The maximum absolute atomic E-state index is 12.6. The molecule has 0 saturated carbocycles. The first kappa shape index (κ1) is 20.3. The lowest BCUT2D eigenvalue weighted by atomic mass is 10.2. The van der Waals surface area contributed by atoms with Crippen molar-refractivity contribution in [1.82, 2.24) is 29.9 Å². The highest BCUT2D eigenvalue weighted by Crippen LogP contribution is 2.23. The fraction of sp³-hybridized carbons (Fsp3) is 0.278. The first-order valence-electron chi connectivity index (χ1n) is 8.97. The van der Waals surface area contributed by atoms with Crippen molar-refractivity contribution in [3.63, 3.8) is 0 Å². The standard InChI is InChI=1S/C18H17Cl2N7O3/c1-29-9-15-26-25-14(30-15)4-5-27-16-13(8-22-27)23-18(24-17(16)28)21-7-10-2-3-11(19)12(20)6-10/h2-3,6,8H,4-5,7,9H2,1H3,(H2,21,23,24,28). The zero-order valence-corrected chi connectivity index (χ0v) is 17.4. The van der Waals surface area contributed by atoms with E-state index in [1.54, 1.807) is 30.1 Å². The highest BCUT2D eigenvalue weighted by atomic mass is 35.5. The minimum Gasteiger partial charge on any atom is -0.423 e. The van der Waals surface area contributed by atoms with E-state index in [-0.39, 0.29) is 12.2 Å². The number of aryl methyl sites for hydroxylation is 2. The minimum absolute atomic E-state index is 0.249. The molecule has 0 radical (unpaired) electrons. The van der Waals surface area contributed by atoms with Crippen LogP contribution in [0.5, 0.6) is 0 Å². The molecule has 1 aromatic carbocycles. The summed E-state index contributed by atoms with van der Waals surface area (Å²) in [7, 11) is 1.55. The molecule has 0 aliphatic rings. The number of aromatic amines is 1. The summed E-state index contributed by atoms with van der Waals surface area (Å²) >= 11 is 12.0. The fourth-order valence-corrected chi connectivity index (χ4v) is 3.19. The van der Waals surface area contributed by atoms with E-state index in [1.807, 2.05) is 6.07 Å². The van der Waals surface area contributed by atoms with Crippen molar-refractivity contribution in [2.75, 3.05) is 12.4 Å². The lowest BCUT2D eigenvalue weighted by molar-refractivity contribution is 0.158. The second kappa shape index (κ2) is 8.82. The van der Waals surface area contributed by atoms with Gasteiger partial charge in [-0.3, -0.25) is 14.5 Å². The number of benzene rings is 1. The topological polar surface area (TPSA) is 124 Å². The number of fused-ring (bicyclic) bond motifs is 1. The molecule has 4 aromatic rings. The van der Waals surface area contributed by atoms with Crippen molar-refractivity contribution < 1.29 is 9.15 Å². The zero-order chi connectivity index (χ0) is 21.1. The number of hydrogen-bond acceptors (Lipinski definition) is 8. The Labute approximate surface area is 180 Å². The highest BCUT2D eigenvalue weighted by molar-refractivity contribution is 6.42. The average molecular weight is 450 g/mol. The van der Waals surface area contributed by atoms with Crippen molar-refractivity contribution >= 4 is 40.2 Å². The largest absolute Gasteiger partial charge is 0.423 e. The molecule has 0 fully saturated rings. The van der Waals surface area contributed by atoms with E-state index in [9.17, 15) is 4.79 Å². The molecule has 0 atom stereocenters. The first-order valence-corrected chi connectivity index (χ1v) is 9.73. The third kappa shape index (κ3) is 4.45. The summed E-state index contributed by atoms with van der Waals surface area (Å²) in [5, 5.41) is 16.1. The van der Waals surface area contributed by atoms with E-state index in [4.69, 9.17) is 32.4 Å². The van der Waals surface area contributed by atoms with Gasteiger partial charge in [-0.25, -0.2) is 4.98 Å². The monoisotopic (exact) mass is 449 g/mol. The number of ether oxygens (including phenoxy) is 1. The number of nitrogens with one attached hydrogen (secondary N) is 2. The molecule has 10 nitrogen and oxygen atoms in total. The molecular weight excluding hydrogens is 433 g/mol. The van der Waals surface area contributed by atoms with Gasteiger partial charge in [0.2, 0.25) is 17.7 Å². The van der Waals surface area contributed by atoms with Gasteiger partial charge < -0.3 is 14.5 Å². The second-order valence-corrected chi connectivity index (χ2v) is 7.21. The smallest absolute Gasteiger partial charge is 0.278 e. The molecule has 12 heteroatoms. The van der Waals surface area contributed by atoms with E-state index in [1.165, 1.54) is 0 Å². The molecule has 3 heterocycles. The van der Waals surface area contributed by atoms with Crippen molar-refractivity contribution in [3.8, 4) is 0 Å². The van der Waals surface area contributed by atoms with Crippen LogP contribution in [0.4, 0.5) is 5.95 Å². The third-order valence-corrected chi connectivity index (χ3v) is 5.00. The summed E-state index contributed by atoms with van der Waals surface area (Å²) in [5.74, 6) is 1.17. The Hall–Kier alpha value is -2.95. The Morgan fingerprint density at radius 2 is 2.07 bits per heavy atom. The van der Waals surface area contributed by atoms with Crippen LogP contribution >= 0.6 is 23.2 Å². The predicted molar refractivity (Wildman–Crippen MR) is 111 cm³/mol. The lowest BCUT2D eigenvalue weighted by Crippen LogP contribution is -2.16. The average Bonchev–Trinajstić information content (AvgIpc) is 3.34. The van der Waals surface area contributed by atoms with E-state index < -0.39 is 0 Å². The number of aromatic nitrogens is 6. The summed E-state index contributed by atoms with van der Waals surface area (Å²) in [4.78, 5) is 19.7. The van der Waals surface area contributed by atoms with Gasteiger partial charge in [0.1, 0.15) is 12.1 Å². The lowest BCUT2D eigenvalue weighted by Gasteiger charge is -2.07. The normalized spacial score (nSPS) is 11.3. The molecule has 0 bridgehead atoms. The number of H-pyrrole nitrogens is 1. The van der Waals surface area contributed by atoms with Gasteiger partial charge in [-0.15, -0.1) is 10.2 Å². The van der Waals surface area contributed by atoms with Gasteiger partial charge in [-0.05, 0) is 17.7 Å². The third-order valence-electron chi connectivity index (χ3n) is 4.26. The van der Waals surface area contributed by atoms with Gasteiger partial charge in [0, 0.05) is 20.1 Å². The minimum atomic E-state index is -0.306. The second-order valence-electron chi connectivity index (χ2n) is 6.39. The van der Waals surface area contributed by atoms with Crippen LogP contribution < -0.4 is 10.9 Å². The number of halogens is 2. The predicted octanol–water partition coefficient (Wildman–Crippen LogP) is 2.81. The maximum atomic E-state index is 12.6. The first-order chi connectivity index (χ1) is 14.5. The van der Waals surface area contributed by atoms with Gasteiger partial charge in [-0.2, -0.15) is 5.10 Å². The van der Waals surface area contributed by atoms with Gasteiger partial charge in [-0.1, -0.05) is 29.3 Å². The number of nitrogens with zero attached hydrogens (tertiary/aromatic N) is 5. The Kier molecular flexibility index (Phi) is 5.98. The molecule has 0 aliphatic heterocycles. The van der Waals surface area contributed by atoms with Crippen LogP contribution in [-0.4, -0.2) is 37.1 Å². The zero-order valence-electron chi connectivity index (χ0n) is 15.9. The molecule has 0 spiro atoms. The number of hydrogen-bond donors (Lipinski definition) is 2. The summed E-state index contributed by atoms with van der Waals surface area (Å²) < 4.78 is 12.0. The SMILES string of the molecule is COCc1nnc(CCn2ncc3nc(NCc4ccc(Cl)c(Cl)c4)[nH]c(=O)c32)o1. The Morgan fingerprint density at radius 3 is 2.87 bits per heavy atom. The van der Waals surface area contributed by atoms with Crippen LogP contribution in [-0.2, 0) is 30.9 Å². The molecule has 30 heavy (non-hydrogen) atoms. The molecule has 0 aliphatic carbocycles. The van der Waals surface area contributed by atoms with E-state index in [0.29, 0.717) is 58.3 Å². The highest BCUT2D eigenvalue weighted by Gasteiger charge is 2.12. The Bertz CT molecular complexity index is 1230. The van der Waals surface area contributed by atoms with E-state index in [0.717, 1.165) is 5.56 Å². The number of rotatable bonds is 8. The fourth-order valence-electron chi connectivity index (χ4n) is 2.87. The summed E-state index contributed by atoms with van der Waals surface area (Å²) in [6.45, 7) is 1.05. The number of anilines is 1. The van der Waals surface area contributed by atoms with Gasteiger partial charge >= 0.3 is 0 Å². The van der Waals surface area contributed by atoms with Crippen molar-refractivity contribution in [2.24, 2.45) is 0 Å². The molecule has 4 rings (SSSR count). The summed E-state index contributed by atoms with van der Waals surface area (Å²) in [6.07, 6.45) is 1.96. The molecule has 2 N–H and O–H groups in total. The number of methoxy groups -OCH3 is 1. The van der Waals surface area contributed by atoms with E-state index >= 15 is 0 Å². The summed E-state index contributed by atoms with van der Waals surface area (Å²) in [6, 6.07) is 5.30. The van der Waals surface area contributed by atoms with Crippen molar-refractivity contribution in [1.29, 1.82) is 0 Å². The Morgan fingerprint density at radius 1 is 1.23 bits per heavy atom. The van der Waals surface area contributed by atoms with Crippen LogP contribution in [0.1, 0.15) is 17.3 Å². The molecule has 0 amide bonds. The van der Waals surface area contributed by atoms with Gasteiger partial charge in [0.05, 0.1) is 22.8 Å². The molecule has 0 saturated heterocycles. The van der Waals surface area contributed by atoms with Crippen LogP contribution in [0.2, 0.25) is 10.0 Å². The van der Waals surface area contributed by atoms with Crippen molar-refractivity contribution in [3.05, 3.63) is 62.1 Å². The van der Waals surface area contributed by atoms with Gasteiger partial charge in [0.25, 0.3) is 5.56 Å².